The highest BCUT2D eigenvalue weighted by Crippen LogP contribution is 2.39. The molecule has 0 N–H and O–H groups in total. The molecule has 1 fully saturated rings. The lowest BCUT2D eigenvalue weighted by molar-refractivity contribution is 0.0778. The number of rotatable bonds is 3. The highest BCUT2D eigenvalue weighted by molar-refractivity contribution is 9.10. The largest absolute Gasteiger partial charge is 0.384 e. The third kappa shape index (κ3) is 2.23. The van der Waals surface area contributed by atoms with E-state index in [1.165, 1.54) is 0 Å². The predicted molar refractivity (Wildman–Crippen MR) is 93.8 cm³/mol. The molecule has 2 aromatic heterocycles. The van der Waals surface area contributed by atoms with Crippen molar-refractivity contribution in [1.29, 1.82) is 0 Å². The van der Waals surface area contributed by atoms with Gasteiger partial charge in [0.15, 0.2) is 0 Å². The van der Waals surface area contributed by atoms with Crippen LogP contribution in [-0.2, 0) is 11.8 Å². The van der Waals surface area contributed by atoms with Crippen LogP contribution in [0.1, 0.15) is 18.9 Å². The maximum Gasteiger partial charge on any atom is 0.329 e. The molecule has 120 valence electrons. The molecule has 5 nitrogen and oxygen atoms in total. The zero-order valence-corrected chi connectivity index (χ0v) is 14.7. The third-order valence-corrected chi connectivity index (χ3v) is 5.35. The minimum absolute atomic E-state index is 0.0372. The van der Waals surface area contributed by atoms with Gasteiger partial charge in [-0.25, -0.2) is 4.79 Å². The zero-order valence-electron chi connectivity index (χ0n) is 13.1. The second-order valence-electron chi connectivity index (χ2n) is 6.31. The first-order chi connectivity index (χ1) is 11.1. The number of methoxy groups -OCH3 is 1. The molecular weight excluding hydrogens is 358 g/mol. The fraction of sp³-hybridized carbons (Fsp3) is 0.412. The molecule has 0 amide bonds. The molecule has 0 atom stereocenters. The van der Waals surface area contributed by atoms with Crippen molar-refractivity contribution in [2.24, 2.45) is 13.0 Å². The van der Waals surface area contributed by atoms with Gasteiger partial charge in [-0.1, -0.05) is 15.9 Å². The number of aromatic nitrogens is 3. The molecule has 3 aromatic rings. The molecule has 6 heteroatoms. The van der Waals surface area contributed by atoms with Gasteiger partial charge in [0.25, 0.3) is 0 Å². The highest BCUT2D eigenvalue weighted by atomic mass is 79.9. The van der Waals surface area contributed by atoms with Crippen molar-refractivity contribution in [3.63, 3.8) is 0 Å². The van der Waals surface area contributed by atoms with E-state index in [9.17, 15) is 4.79 Å². The van der Waals surface area contributed by atoms with Crippen LogP contribution in [0.2, 0.25) is 0 Å². The Balaban J connectivity index is 1.94. The minimum Gasteiger partial charge on any atom is -0.384 e. The van der Waals surface area contributed by atoms with Gasteiger partial charge >= 0.3 is 5.69 Å². The van der Waals surface area contributed by atoms with Crippen molar-refractivity contribution in [2.75, 3.05) is 13.7 Å². The number of hydrogen-bond acceptors (Lipinski definition) is 3. The lowest BCUT2D eigenvalue weighted by Crippen LogP contribution is -2.35. The minimum atomic E-state index is 0.0372. The molecule has 0 aliphatic heterocycles. The summed E-state index contributed by atoms with van der Waals surface area (Å²) in [5, 5.41) is 1.02. The number of benzene rings is 1. The molecule has 1 saturated carbocycles. The third-order valence-electron chi connectivity index (χ3n) is 4.86. The van der Waals surface area contributed by atoms with Gasteiger partial charge in [0, 0.05) is 36.7 Å². The average Bonchev–Trinajstić information content (AvgIpc) is 2.75. The Morgan fingerprint density at radius 3 is 2.91 bits per heavy atom. The standard InChI is InChI=1S/C17H18BrN3O2/c1-20-15-8-19-14-4-3-11(18)7-13(14)16(15)21(17(20)22)12-5-10(6-12)9-23-2/h3-4,7-8,10,12H,5-6,9H2,1-2H3. The molecule has 23 heavy (non-hydrogen) atoms. The van der Waals surface area contributed by atoms with E-state index in [0.717, 1.165) is 45.9 Å². The van der Waals surface area contributed by atoms with Gasteiger partial charge in [0.2, 0.25) is 0 Å². The van der Waals surface area contributed by atoms with Gasteiger partial charge in [-0.05, 0) is 37.0 Å². The van der Waals surface area contributed by atoms with Crippen LogP contribution < -0.4 is 5.69 Å². The Kier molecular flexibility index (Phi) is 3.54. The van der Waals surface area contributed by atoms with Crippen LogP contribution in [0, 0.1) is 5.92 Å². The molecule has 0 bridgehead atoms. The first-order valence-corrected chi connectivity index (χ1v) is 8.53. The lowest BCUT2D eigenvalue weighted by Gasteiger charge is -2.35. The number of ether oxygens (including phenoxy) is 1. The molecule has 4 rings (SSSR count). The summed E-state index contributed by atoms with van der Waals surface area (Å²) in [5.74, 6) is 0.548. The topological polar surface area (TPSA) is 49.0 Å². The number of nitrogens with zero attached hydrogens (tertiary/aromatic N) is 3. The summed E-state index contributed by atoms with van der Waals surface area (Å²) in [6.45, 7) is 0.768. The van der Waals surface area contributed by atoms with E-state index in [2.05, 4.69) is 20.9 Å². The van der Waals surface area contributed by atoms with Crippen LogP contribution >= 0.6 is 15.9 Å². The van der Waals surface area contributed by atoms with Crippen molar-refractivity contribution in [3.05, 3.63) is 39.4 Å². The molecule has 1 aromatic carbocycles. The van der Waals surface area contributed by atoms with Gasteiger partial charge in [0.05, 0.1) is 22.7 Å². The van der Waals surface area contributed by atoms with Crippen LogP contribution in [0.15, 0.2) is 33.7 Å². The van der Waals surface area contributed by atoms with Gasteiger partial charge in [-0.15, -0.1) is 0 Å². The maximum absolute atomic E-state index is 12.8. The molecule has 1 aliphatic rings. The summed E-state index contributed by atoms with van der Waals surface area (Å²) in [6.07, 6.45) is 3.78. The number of hydrogen-bond donors (Lipinski definition) is 0. The Hall–Kier alpha value is -1.66. The van der Waals surface area contributed by atoms with Crippen LogP contribution in [0.5, 0.6) is 0 Å². The van der Waals surface area contributed by atoms with Crippen LogP contribution in [-0.4, -0.2) is 27.8 Å². The summed E-state index contributed by atoms with van der Waals surface area (Å²) in [5.41, 5.74) is 2.82. The summed E-state index contributed by atoms with van der Waals surface area (Å²) >= 11 is 3.53. The monoisotopic (exact) mass is 375 g/mol. The molecule has 0 unspecified atom stereocenters. The molecule has 1 aliphatic carbocycles. The number of aryl methyl sites for hydroxylation is 1. The highest BCUT2D eigenvalue weighted by Gasteiger charge is 2.33. The molecule has 0 spiro atoms. The van der Waals surface area contributed by atoms with E-state index >= 15 is 0 Å². The van der Waals surface area contributed by atoms with E-state index in [4.69, 9.17) is 4.74 Å². The second kappa shape index (κ2) is 5.46. The lowest BCUT2D eigenvalue weighted by atomic mass is 9.80. The molecular formula is C17H18BrN3O2. The number of imidazole rings is 1. The number of pyridine rings is 1. The Morgan fingerprint density at radius 1 is 1.39 bits per heavy atom. The van der Waals surface area contributed by atoms with Gasteiger partial charge < -0.3 is 4.74 Å². The molecule has 0 radical (unpaired) electrons. The maximum atomic E-state index is 12.8. The van der Waals surface area contributed by atoms with Gasteiger partial charge in [-0.3, -0.25) is 14.1 Å². The van der Waals surface area contributed by atoms with E-state index in [1.807, 2.05) is 29.8 Å². The van der Waals surface area contributed by atoms with Crippen molar-refractivity contribution in [2.45, 2.75) is 18.9 Å². The fourth-order valence-electron chi connectivity index (χ4n) is 3.62. The van der Waals surface area contributed by atoms with Crippen molar-refractivity contribution in [1.82, 2.24) is 14.1 Å². The van der Waals surface area contributed by atoms with Crippen LogP contribution in [0.3, 0.4) is 0 Å². The van der Waals surface area contributed by atoms with Crippen LogP contribution in [0.4, 0.5) is 0 Å². The number of fused-ring (bicyclic) bond motifs is 3. The molecule has 0 saturated heterocycles. The normalized spacial score (nSPS) is 21.0. The van der Waals surface area contributed by atoms with E-state index in [-0.39, 0.29) is 11.7 Å². The fourth-order valence-corrected chi connectivity index (χ4v) is 3.98. The van der Waals surface area contributed by atoms with E-state index in [0.29, 0.717) is 5.92 Å². The van der Waals surface area contributed by atoms with Crippen molar-refractivity contribution < 1.29 is 4.74 Å². The number of halogens is 1. The van der Waals surface area contributed by atoms with E-state index in [1.54, 1.807) is 17.9 Å². The average molecular weight is 376 g/mol. The van der Waals surface area contributed by atoms with E-state index < -0.39 is 0 Å². The Morgan fingerprint density at radius 2 is 2.17 bits per heavy atom. The van der Waals surface area contributed by atoms with Crippen molar-refractivity contribution in [3.8, 4) is 0 Å². The SMILES string of the molecule is COCC1CC(n2c(=O)n(C)c3cnc4ccc(Br)cc4c32)C1. The van der Waals surface area contributed by atoms with Gasteiger partial charge in [-0.2, -0.15) is 0 Å². The predicted octanol–water partition coefficient (Wildman–Crippen LogP) is 3.25. The zero-order chi connectivity index (χ0) is 16.1. The smallest absolute Gasteiger partial charge is 0.329 e. The van der Waals surface area contributed by atoms with Gasteiger partial charge in [0.1, 0.15) is 0 Å². The summed E-state index contributed by atoms with van der Waals surface area (Å²) in [6, 6.07) is 6.25. The summed E-state index contributed by atoms with van der Waals surface area (Å²) < 4.78 is 9.88. The van der Waals surface area contributed by atoms with Crippen molar-refractivity contribution >= 4 is 37.9 Å². The summed E-state index contributed by atoms with van der Waals surface area (Å²) in [7, 11) is 3.55. The second-order valence-corrected chi connectivity index (χ2v) is 7.23. The Bertz CT molecular complexity index is 954. The first-order valence-electron chi connectivity index (χ1n) is 7.74. The summed E-state index contributed by atoms with van der Waals surface area (Å²) in [4.78, 5) is 17.3. The quantitative estimate of drug-likeness (QED) is 0.705. The van der Waals surface area contributed by atoms with Crippen LogP contribution in [0.25, 0.3) is 21.9 Å². The first kappa shape index (κ1) is 14.9. The molecule has 2 heterocycles. The Labute approximate surface area is 142 Å².